The second-order valence-corrected chi connectivity index (χ2v) is 3.70. The van der Waals surface area contributed by atoms with Gasteiger partial charge in [0.05, 0.1) is 29.1 Å². The maximum Gasteiger partial charge on any atom is 0.275 e. The second kappa shape index (κ2) is 5.26. The summed E-state index contributed by atoms with van der Waals surface area (Å²) in [5.41, 5.74) is 4.66. The minimum Gasteiger partial charge on any atom is -0.382 e. The van der Waals surface area contributed by atoms with Crippen molar-refractivity contribution in [3.8, 4) is 0 Å². The lowest BCUT2D eigenvalue weighted by Gasteiger charge is -2.05. The molecule has 2 aromatic rings. The molecule has 0 atom stereocenters. The molecule has 0 spiro atoms. The Balaban J connectivity index is 2.19. The van der Waals surface area contributed by atoms with Gasteiger partial charge in [-0.05, 0) is 6.07 Å². The molecule has 0 aliphatic rings. The van der Waals surface area contributed by atoms with Gasteiger partial charge in [0, 0.05) is 6.07 Å². The molecule has 1 amide bonds. The van der Waals surface area contributed by atoms with Crippen LogP contribution >= 0.6 is 0 Å². The topological polar surface area (TPSA) is 124 Å². The second-order valence-electron chi connectivity index (χ2n) is 3.70. The highest BCUT2D eigenvalue weighted by atomic mass is 19.1. The monoisotopic (exact) mass is 277 g/mol. The first-order valence-corrected chi connectivity index (χ1v) is 5.30. The lowest BCUT2D eigenvalue weighted by atomic mass is 10.2. The summed E-state index contributed by atoms with van der Waals surface area (Å²) in [5, 5.41) is 12.7. The number of nitrogen functional groups attached to an aromatic ring is 1. The van der Waals surface area contributed by atoms with Crippen molar-refractivity contribution in [2.24, 2.45) is 0 Å². The third-order valence-electron chi connectivity index (χ3n) is 2.32. The number of aromatic nitrogens is 2. The zero-order valence-electron chi connectivity index (χ0n) is 9.91. The van der Waals surface area contributed by atoms with Crippen LogP contribution in [-0.2, 0) is 0 Å². The number of rotatable bonds is 3. The van der Waals surface area contributed by atoms with Crippen LogP contribution in [-0.4, -0.2) is 20.8 Å². The predicted molar refractivity (Wildman–Crippen MR) is 67.5 cm³/mol. The molecule has 0 saturated heterocycles. The highest BCUT2D eigenvalue weighted by Gasteiger charge is 2.14. The summed E-state index contributed by atoms with van der Waals surface area (Å²) in [6.07, 6.45) is 2.31. The minimum atomic E-state index is -0.920. The van der Waals surface area contributed by atoms with Crippen molar-refractivity contribution in [1.82, 2.24) is 9.97 Å². The van der Waals surface area contributed by atoms with Crippen LogP contribution in [0.5, 0.6) is 0 Å². The maximum absolute atomic E-state index is 13.6. The van der Waals surface area contributed by atoms with Crippen LogP contribution in [0.4, 0.5) is 21.6 Å². The van der Waals surface area contributed by atoms with Crippen molar-refractivity contribution in [2.75, 3.05) is 11.1 Å². The average molecular weight is 277 g/mol. The predicted octanol–water partition coefficient (Wildman–Crippen LogP) is 1.36. The molecule has 0 fully saturated rings. The Bertz CT molecular complexity index is 674. The van der Waals surface area contributed by atoms with Crippen molar-refractivity contribution < 1.29 is 14.1 Å². The van der Waals surface area contributed by atoms with Gasteiger partial charge in [-0.25, -0.2) is 14.4 Å². The van der Waals surface area contributed by atoms with Gasteiger partial charge in [-0.3, -0.25) is 14.9 Å². The minimum absolute atomic E-state index is 0.0584. The fourth-order valence-corrected chi connectivity index (χ4v) is 1.36. The normalized spacial score (nSPS) is 10.1. The number of amides is 1. The van der Waals surface area contributed by atoms with Gasteiger partial charge in [-0.15, -0.1) is 0 Å². The standard InChI is InChI=1S/C11H8FN5O3/c12-7-3-6(17(19)20)1-2-8(7)16-11(18)9-4-15-10(13)5-14-9/h1-5H,(H2,13,15)(H,16,18). The number of anilines is 2. The summed E-state index contributed by atoms with van der Waals surface area (Å²) in [6.45, 7) is 0. The Hall–Kier alpha value is -3.10. The Morgan fingerprint density at radius 3 is 2.65 bits per heavy atom. The van der Waals surface area contributed by atoms with Gasteiger partial charge >= 0.3 is 0 Å². The molecule has 0 saturated carbocycles. The van der Waals surface area contributed by atoms with Gasteiger partial charge in [0.15, 0.2) is 5.82 Å². The number of nitro benzene ring substituents is 1. The highest BCUT2D eigenvalue weighted by Crippen LogP contribution is 2.20. The summed E-state index contributed by atoms with van der Waals surface area (Å²) in [5.74, 6) is -1.48. The molecule has 8 nitrogen and oxygen atoms in total. The van der Waals surface area contributed by atoms with Crippen LogP contribution in [0.2, 0.25) is 0 Å². The van der Waals surface area contributed by atoms with Crippen LogP contribution in [0.1, 0.15) is 10.5 Å². The number of hydrogen-bond acceptors (Lipinski definition) is 6. The number of carbonyl (C=O) groups excluding carboxylic acids is 1. The molecule has 20 heavy (non-hydrogen) atoms. The van der Waals surface area contributed by atoms with Crippen LogP contribution in [0.15, 0.2) is 30.6 Å². The molecular formula is C11H8FN5O3. The van der Waals surface area contributed by atoms with Crippen molar-refractivity contribution in [2.45, 2.75) is 0 Å². The van der Waals surface area contributed by atoms with E-state index < -0.39 is 22.3 Å². The van der Waals surface area contributed by atoms with Crippen molar-refractivity contribution in [1.29, 1.82) is 0 Å². The molecule has 0 unspecified atom stereocenters. The Labute approximate surface area is 111 Å². The molecule has 102 valence electrons. The molecule has 0 aliphatic heterocycles. The quantitative estimate of drug-likeness (QED) is 0.644. The molecule has 1 aromatic carbocycles. The molecule has 1 aromatic heterocycles. The largest absolute Gasteiger partial charge is 0.382 e. The van der Waals surface area contributed by atoms with Crippen molar-refractivity contribution >= 4 is 23.1 Å². The number of halogens is 1. The number of hydrogen-bond donors (Lipinski definition) is 2. The number of non-ortho nitro benzene ring substituents is 1. The van der Waals surface area contributed by atoms with Gasteiger partial charge < -0.3 is 11.1 Å². The third-order valence-corrected chi connectivity index (χ3v) is 2.32. The van der Waals surface area contributed by atoms with E-state index in [0.717, 1.165) is 18.3 Å². The first-order chi connectivity index (χ1) is 9.47. The van der Waals surface area contributed by atoms with Crippen LogP contribution < -0.4 is 11.1 Å². The summed E-state index contributed by atoms with van der Waals surface area (Å²) in [7, 11) is 0. The molecule has 0 radical (unpaired) electrons. The summed E-state index contributed by atoms with van der Waals surface area (Å²) < 4.78 is 13.6. The molecule has 9 heteroatoms. The molecule has 0 aliphatic carbocycles. The van der Waals surface area contributed by atoms with E-state index in [-0.39, 0.29) is 17.2 Å². The highest BCUT2D eigenvalue weighted by molar-refractivity contribution is 6.02. The number of nitrogens with zero attached hydrogens (tertiary/aromatic N) is 3. The molecular weight excluding hydrogens is 269 g/mol. The van der Waals surface area contributed by atoms with Crippen LogP contribution in [0.25, 0.3) is 0 Å². The molecule has 2 rings (SSSR count). The van der Waals surface area contributed by atoms with Gasteiger partial charge in [-0.2, -0.15) is 0 Å². The maximum atomic E-state index is 13.6. The zero-order valence-corrected chi connectivity index (χ0v) is 9.91. The van der Waals surface area contributed by atoms with E-state index in [2.05, 4.69) is 15.3 Å². The number of carbonyl (C=O) groups is 1. The fourth-order valence-electron chi connectivity index (χ4n) is 1.36. The lowest BCUT2D eigenvalue weighted by Crippen LogP contribution is -2.15. The van der Waals surface area contributed by atoms with E-state index in [9.17, 15) is 19.3 Å². The summed E-state index contributed by atoms with van der Waals surface area (Å²) >= 11 is 0. The molecule has 3 N–H and O–H groups in total. The molecule has 0 bridgehead atoms. The summed E-state index contributed by atoms with van der Waals surface area (Å²) in [4.78, 5) is 28.9. The molecule has 1 heterocycles. The fraction of sp³-hybridized carbons (Fsp3) is 0. The Morgan fingerprint density at radius 1 is 1.35 bits per heavy atom. The average Bonchev–Trinajstić information content (AvgIpc) is 2.41. The van der Waals surface area contributed by atoms with Gasteiger partial charge in [-0.1, -0.05) is 0 Å². The van der Waals surface area contributed by atoms with Gasteiger partial charge in [0.2, 0.25) is 0 Å². The van der Waals surface area contributed by atoms with Crippen molar-refractivity contribution in [3.63, 3.8) is 0 Å². The summed E-state index contributed by atoms with van der Waals surface area (Å²) in [6, 6.07) is 2.88. The third kappa shape index (κ3) is 2.83. The number of nitrogens with one attached hydrogen (secondary N) is 1. The van der Waals surface area contributed by atoms with E-state index in [1.807, 2.05) is 0 Å². The van der Waals surface area contributed by atoms with Crippen molar-refractivity contribution in [3.05, 3.63) is 52.2 Å². The zero-order chi connectivity index (χ0) is 14.7. The van der Waals surface area contributed by atoms with Gasteiger partial charge in [0.25, 0.3) is 11.6 Å². The number of benzene rings is 1. The number of nitrogens with two attached hydrogens (primary N) is 1. The van der Waals surface area contributed by atoms with E-state index in [1.54, 1.807) is 0 Å². The van der Waals surface area contributed by atoms with Crippen LogP contribution in [0, 0.1) is 15.9 Å². The SMILES string of the molecule is Nc1cnc(C(=O)Nc2ccc([N+](=O)[O-])cc2F)cn1. The van der Waals surface area contributed by atoms with E-state index in [4.69, 9.17) is 5.73 Å². The lowest BCUT2D eigenvalue weighted by molar-refractivity contribution is -0.385. The smallest absolute Gasteiger partial charge is 0.275 e. The Kier molecular flexibility index (Phi) is 3.51. The van der Waals surface area contributed by atoms with E-state index >= 15 is 0 Å². The van der Waals surface area contributed by atoms with Gasteiger partial charge in [0.1, 0.15) is 11.5 Å². The first kappa shape index (κ1) is 13.3. The van der Waals surface area contributed by atoms with E-state index in [1.165, 1.54) is 6.20 Å². The Morgan fingerprint density at radius 2 is 2.10 bits per heavy atom. The number of nitro groups is 1. The first-order valence-electron chi connectivity index (χ1n) is 5.30. The van der Waals surface area contributed by atoms with E-state index in [0.29, 0.717) is 6.07 Å². The van der Waals surface area contributed by atoms with Crippen LogP contribution in [0.3, 0.4) is 0 Å².